The third kappa shape index (κ3) is 1.63. The van der Waals surface area contributed by atoms with Gasteiger partial charge in [0.2, 0.25) is 0 Å². The maximum Gasteiger partial charge on any atom is 0.0711 e. The van der Waals surface area contributed by atoms with Gasteiger partial charge < -0.3 is 5.21 Å². The molecule has 0 aliphatic heterocycles. The van der Waals surface area contributed by atoms with Crippen LogP contribution in [0.2, 0.25) is 0 Å². The largest absolute Gasteiger partial charge is 0.316 e. The van der Waals surface area contributed by atoms with Gasteiger partial charge in [-0.3, -0.25) is 10.1 Å². The number of nitrogens with zero attached hydrogens (tertiary/aromatic N) is 2. The zero-order valence-corrected chi connectivity index (χ0v) is 7.44. The lowest BCUT2D eigenvalue weighted by molar-refractivity contribution is 0.161. The number of pyridine rings is 1. The first-order valence-corrected chi connectivity index (χ1v) is 4.21. The Kier molecular flexibility index (Phi) is 2.53. The molecule has 14 heavy (non-hydrogen) atoms. The lowest BCUT2D eigenvalue weighted by Gasteiger charge is -2.00. The molecule has 2 aromatic rings. The summed E-state index contributed by atoms with van der Waals surface area (Å²) in [5.74, 6) is 0. The summed E-state index contributed by atoms with van der Waals surface area (Å²) >= 11 is 0. The lowest BCUT2D eigenvalue weighted by Crippen LogP contribution is -2.06. The Morgan fingerprint density at radius 3 is 3.07 bits per heavy atom. The molecule has 0 unspecified atom stereocenters. The molecule has 0 atom stereocenters. The summed E-state index contributed by atoms with van der Waals surface area (Å²) in [6.45, 7) is 0.362. The highest BCUT2D eigenvalue weighted by Crippen LogP contribution is 2.19. The Morgan fingerprint density at radius 2 is 2.36 bits per heavy atom. The van der Waals surface area contributed by atoms with Crippen LogP contribution in [-0.4, -0.2) is 20.4 Å². The van der Waals surface area contributed by atoms with Crippen LogP contribution >= 0.6 is 0 Å². The highest BCUT2D eigenvalue weighted by Gasteiger charge is 2.06. The molecule has 0 saturated heterocycles. The average molecular weight is 190 g/mol. The molecule has 0 bridgehead atoms. The SMILES string of the molecule is ONCc1cn[nH]c1-c1cccnc1. The number of rotatable bonds is 3. The van der Waals surface area contributed by atoms with E-state index in [-0.39, 0.29) is 0 Å². The van der Waals surface area contributed by atoms with E-state index in [4.69, 9.17) is 5.21 Å². The van der Waals surface area contributed by atoms with E-state index >= 15 is 0 Å². The van der Waals surface area contributed by atoms with Gasteiger partial charge in [0.1, 0.15) is 0 Å². The summed E-state index contributed by atoms with van der Waals surface area (Å²) in [6.07, 6.45) is 5.13. The summed E-state index contributed by atoms with van der Waals surface area (Å²) in [6, 6.07) is 3.79. The van der Waals surface area contributed by atoms with E-state index in [0.29, 0.717) is 6.54 Å². The second-order valence-corrected chi connectivity index (χ2v) is 2.85. The fraction of sp³-hybridized carbons (Fsp3) is 0.111. The highest BCUT2D eigenvalue weighted by atomic mass is 16.5. The molecule has 0 fully saturated rings. The van der Waals surface area contributed by atoms with Crippen LogP contribution in [0, 0.1) is 0 Å². The predicted molar refractivity (Wildman–Crippen MR) is 50.4 cm³/mol. The monoisotopic (exact) mass is 190 g/mol. The van der Waals surface area contributed by atoms with Gasteiger partial charge in [-0.2, -0.15) is 5.10 Å². The van der Waals surface area contributed by atoms with Gasteiger partial charge in [-0.15, -0.1) is 0 Å². The lowest BCUT2D eigenvalue weighted by atomic mass is 10.1. The number of hydrogen-bond donors (Lipinski definition) is 3. The number of aromatic nitrogens is 3. The first-order chi connectivity index (χ1) is 6.92. The molecule has 0 saturated carbocycles. The summed E-state index contributed by atoms with van der Waals surface area (Å²) in [7, 11) is 0. The molecule has 72 valence electrons. The molecule has 0 spiro atoms. The van der Waals surface area contributed by atoms with Gasteiger partial charge >= 0.3 is 0 Å². The summed E-state index contributed by atoms with van der Waals surface area (Å²) in [5.41, 5.74) is 4.83. The van der Waals surface area contributed by atoms with Crippen LogP contribution in [0.3, 0.4) is 0 Å². The second-order valence-electron chi connectivity index (χ2n) is 2.85. The van der Waals surface area contributed by atoms with Gasteiger partial charge in [-0.05, 0) is 12.1 Å². The standard InChI is InChI=1S/C9H10N4O/c14-12-6-8-5-11-13-9(8)7-2-1-3-10-4-7/h1-5,12,14H,6H2,(H,11,13). The van der Waals surface area contributed by atoms with E-state index in [1.54, 1.807) is 18.6 Å². The third-order valence-corrected chi connectivity index (χ3v) is 1.94. The van der Waals surface area contributed by atoms with Crippen molar-refractivity contribution in [3.63, 3.8) is 0 Å². The van der Waals surface area contributed by atoms with Crippen LogP contribution in [0.4, 0.5) is 0 Å². The number of hydroxylamine groups is 1. The van der Waals surface area contributed by atoms with Crippen LogP contribution in [0.5, 0.6) is 0 Å². The summed E-state index contributed by atoms with van der Waals surface area (Å²) < 4.78 is 0. The Balaban J connectivity index is 2.37. The molecular formula is C9H10N4O. The van der Waals surface area contributed by atoms with Crippen LogP contribution in [0.15, 0.2) is 30.7 Å². The molecule has 2 heterocycles. The minimum atomic E-state index is 0.362. The van der Waals surface area contributed by atoms with Gasteiger partial charge in [-0.1, -0.05) is 0 Å². The average Bonchev–Trinajstić information content (AvgIpc) is 2.68. The quantitative estimate of drug-likeness (QED) is 0.630. The molecule has 0 aliphatic rings. The van der Waals surface area contributed by atoms with Crippen molar-refractivity contribution < 1.29 is 5.21 Å². The molecule has 5 nitrogen and oxygen atoms in total. The second kappa shape index (κ2) is 3.99. The Hall–Kier alpha value is -1.72. The van der Waals surface area contributed by atoms with Crippen molar-refractivity contribution in [1.82, 2.24) is 20.7 Å². The van der Waals surface area contributed by atoms with Crippen molar-refractivity contribution in [1.29, 1.82) is 0 Å². The van der Waals surface area contributed by atoms with Crippen molar-refractivity contribution in [3.05, 3.63) is 36.3 Å². The molecule has 0 radical (unpaired) electrons. The molecule has 0 aliphatic carbocycles. The van der Waals surface area contributed by atoms with Crippen molar-refractivity contribution >= 4 is 0 Å². The van der Waals surface area contributed by atoms with Crippen molar-refractivity contribution in [2.45, 2.75) is 6.54 Å². The molecule has 2 aromatic heterocycles. The number of nitrogens with one attached hydrogen (secondary N) is 2. The maximum absolute atomic E-state index is 8.60. The summed E-state index contributed by atoms with van der Waals surface area (Å²) in [4.78, 5) is 4.01. The number of H-pyrrole nitrogens is 1. The van der Waals surface area contributed by atoms with Gasteiger partial charge in [0.15, 0.2) is 0 Å². The topological polar surface area (TPSA) is 73.8 Å². The van der Waals surface area contributed by atoms with Gasteiger partial charge in [0.25, 0.3) is 0 Å². The normalized spacial score (nSPS) is 10.4. The zero-order chi connectivity index (χ0) is 9.80. The van der Waals surface area contributed by atoms with Gasteiger partial charge in [0.05, 0.1) is 11.9 Å². The fourth-order valence-corrected chi connectivity index (χ4v) is 1.29. The molecule has 0 aromatic carbocycles. The van der Waals surface area contributed by atoms with E-state index in [0.717, 1.165) is 16.8 Å². The Labute approximate surface area is 80.8 Å². The van der Waals surface area contributed by atoms with E-state index in [1.807, 2.05) is 12.1 Å². The molecule has 3 N–H and O–H groups in total. The first-order valence-electron chi connectivity index (χ1n) is 4.21. The van der Waals surface area contributed by atoms with E-state index in [1.165, 1.54) is 0 Å². The van der Waals surface area contributed by atoms with Crippen LogP contribution in [0.1, 0.15) is 5.56 Å². The number of hydrogen-bond acceptors (Lipinski definition) is 4. The van der Waals surface area contributed by atoms with Crippen molar-refractivity contribution in [2.24, 2.45) is 0 Å². The Morgan fingerprint density at radius 1 is 1.43 bits per heavy atom. The predicted octanol–water partition coefficient (Wildman–Crippen LogP) is 0.950. The van der Waals surface area contributed by atoms with Crippen LogP contribution in [-0.2, 0) is 6.54 Å². The molecular weight excluding hydrogens is 180 g/mol. The smallest absolute Gasteiger partial charge is 0.0711 e. The minimum absolute atomic E-state index is 0.362. The molecule has 5 heteroatoms. The van der Waals surface area contributed by atoms with Gasteiger partial charge in [-0.25, -0.2) is 5.48 Å². The summed E-state index contributed by atoms with van der Waals surface area (Å²) in [5, 5.41) is 15.4. The molecule has 0 amide bonds. The number of aromatic amines is 1. The highest BCUT2D eigenvalue weighted by molar-refractivity contribution is 5.61. The minimum Gasteiger partial charge on any atom is -0.316 e. The van der Waals surface area contributed by atoms with Crippen molar-refractivity contribution in [3.8, 4) is 11.3 Å². The zero-order valence-electron chi connectivity index (χ0n) is 7.44. The maximum atomic E-state index is 8.60. The fourth-order valence-electron chi connectivity index (χ4n) is 1.29. The van der Waals surface area contributed by atoms with Crippen molar-refractivity contribution in [2.75, 3.05) is 0 Å². The van der Waals surface area contributed by atoms with Crippen LogP contribution in [0.25, 0.3) is 11.3 Å². The third-order valence-electron chi connectivity index (χ3n) is 1.94. The van der Waals surface area contributed by atoms with Gasteiger partial charge in [0, 0.05) is 30.1 Å². The van der Waals surface area contributed by atoms with E-state index < -0.39 is 0 Å². The first kappa shape index (κ1) is 8.86. The van der Waals surface area contributed by atoms with Crippen LogP contribution < -0.4 is 5.48 Å². The van der Waals surface area contributed by atoms with E-state index in [9.17, 15) is 0 Å². The molecule has 2 rings (SSSR count). The Bertz CT molecular complexity index is 398. The van der Waals surface area contributed by atoms with E-state index in [2.05, 4.69) is 20.7 Å².